The van der Waals surface area contributed by atoms with E-state index in [0.717, 1.165) is 77.0 Å². The molecule has 0 amide bonds. The van der Waals surface area contributed by atoms with E-state index >= 15 is 0 Å². The summed E-state index contributed by atoms with van der Waals surface area (Å²) < 4.78 is 21.9. The first kappa shape index (κ1) is 34.0. The molecule has 6 aliphatic carbocycles. The van der Waals surface area contributed by atoms with Gasteiger partial charge in [-0.3, -0.25) is 19.2 Å². The Balaban J connectivity index is 0.928. The van der Waals surface area contributed by atoms with Crippen molar-refractivity contribution in [2.45, 2.75) is 116 Å². The summed E-state index contributed by atoms with van der Waals surface area (Å²) in [6.45, 7) is 9.10. The molecule has 0 unspecified atom stereocenters. The van der Waals surface area contributed by atoms with E-state index in [2.05, 4.69) is 25.3 Å². The first-order chi connectivity index (χ1) is 21.3. The summed E-state index contributed by atoms with van der Waals surface area (Å²) >= 11 is 0. The lowest BCUT2D eigenvalue weighted by atomic mass is 9.35. The van der Waals surface area contributed by atoms with E-state index in [0.29, 0.717) is 65.0 Å². The minimum Gasteiger partial charge on any atom is -0.465 e. The van der Waals surface area contributed by atoms with Gasteiger partial charge in [-0.05, 0) is 116 Å². The topological polar surface area (TPSA) is 105 Å². The van der Waals surface area contributed by atoms with Crippen LogP contribution in [-0.4, -0.2) is 50.3 Å². The van der Waals surface area contributed by atoms with E-state index in [1.54, 1.807) is 0 Å². The maximum Gasteiger partial charge on any atom is 0.312 e. The molecule has 0 aromatic rings. The van der Waals surface area contributed by atoms with Crippen LogP contribution >= 0.6 is 0 Å². The smallest absolute Gasteiger partial charge is 0.312 e. The van der Waals surface area contributed by atoms with Gasteiger partial charge in [0.25, 0.3) is 0 Å². The first-order valence-electron chi connectivity index (χ1n) is 16.8. The third-order valence-corrected chi connectivity index (χ3v) is 10.0. The number of ether oxygens (including phenoxy) is 4. The number of esters is 4. The molecule has 0 radical (unpaired) electrons. The highest BCUT2D eigenvalue weighted by Gasteiger charge is 2.77. The molecule has 0 aromatic carbocycles. The lowest BCUT2D eigenvalue weighted by Gasteiger charge is -2.66. The van der Waals surface area contributed by atoms with Gasteiger partial charge >= 0.3 is 23.9 Å². The Morgan fingerprint density at radius 1 is 0.432 bits per heavy atom. The number of allylic oxidation sites excluding steroid dienone is 4. The van der Waals surface area contributed by atoms with Crippen molar-refractivity contribution in [3.8, 4) is 0 Å². The zero-order chi connectivity index (χ0) is 31.5. The van der Waals surface area contributed by atoms with Crippen molar-refractivity contribution < 1.29 is 38.1 Å². The van der Waals surface area contributed by atoms with Gasteiger partial charge in [-0.1, -0.05) is 24.3 Å². The van der Waals surface area contributed by atoms with E-state index < -0.39 is 21.7 Å². The number of unbranched alkanes of at least 4 members (excludes halogenated alkanes) is 8. The van der Waals surface area contributed by atoms with Gasteiger partial charge in [-0.25, -0.2) is 0 Å². The third-order valence-electron chi connectivity index (χ3n) is 10.0. The molecule has 6 aliphatic rings. The van der Waals surface area contributed by atoms with Crippen LogP contribution in [0.3, 0.4) is 0 Å². The molecule has 0 aliphatic heterocycles. The number of carbonyl (C=O) groups is 4. The Labute approximate surface area is 263 Å². The molecule has 0 heterocycles. The van der Waals surface area contributed by atoms with E-state index in [1.165, 1.54) is 0 Å². The molecule has 0 atom stereocenters. The zero-order valence-corrected chi connectivity index (χ0v) is 26.5. The number of hydrogen-bond acceptors (Lipinski definition) is 8. The summed E-state index contributed by atoms with van der Waals surface area (Å²) in [7, 11) is 0. The Kier molecular flexibility index (Phi) is 11.9. The Morgan fingerprint density at radius 2 is 0.682 bits per heavy atom. The number of carbonyl (C=O) groups excluding carboxylic acids is 4. The standard InChI is InChI=1S/C36H52O8/c1-3-5-7-15-19-41-29(37)33-23-35(24-33,25-33)31(39)43-21-17-13-11-9-10-12-14-18-22-44-32(40)36-26-34(27-36,28-36)30(38)42-20-16-8-6-4-2/h3-4,9-10H,1-2,5-8,11-28H2/b10-9+. The maximum atomic E-state index is 12.5. The Hall–Kier alpha value is -2.90. The number of hydrogen-bond donors (Lipinski definition) is 0. The summed E-state index contributed by atoms with van der Waals surface area (Å²) in [5.41, 5.74) is -1.78. The van der Waals surface area contributed by atoms with Crippen molar-refractivity contribution in [3.63, 3.8) is 0 Å². The molecule has 6 fully saturated rings. The van der Waals surface area contributed by atoms with Gasteiger partial charge < -0.3 is 18.9 Å². The fourth-order valence-electron chi connectivity index (χ4n) is 7.46. The molecule has 44 heavy (non-hydrogen) atoms. The van der Waals surface area contributed by atoms with Crippen LogP contribution in [0.15, 0.2) is 37.5 Å². The summed E-state index contributed by atoms with van der Waals surface area (Å²) in [6, 6.07) is 0. The van der Waals surface area contributed by atoms with Crippen LogP contribution in [0.2, 0.25) is 0 Å². The monoisotopic (exact) mass is 612 g/mol. The van der Waals surface area contributed by atoms with Crippen LogP contribution in [0, 0.1) is 21.7 Å². The molecule has 0 aromatic heterocycles. The predicted molar refractivity (Wildman–Crippen MR) is 166 cm³/mol. The zero-order valence-electron chi connectivity index (χ0n) is 26.5. The highest BCUT2D eigenvalue weighted by Crippen LogP contribution is 2.75. The average molecular weight is 613 g/mol. The molecule has 4 bridgehead atoms. The lowest BCUT2D eigenvalue weighted by molar-refractivity contribution is -0.237. The Bertz CT molecular complexity index is 964. The van der Waals surface area contributed by atoms with Crippen LogP contribution in [0.4, 0.5) is 0 Å². The molecule has 0 saturated heterocycles. The highest BCUT2D eigenvalue weighted by molar-refractivity contribution is 5.92. The average Bonchev–Trinajstić information content (AvgIpc) is 2.90. The van der Waals surface area contributed by atoms with Gasteiger partial charge in [0.05, 0.1) is 48.1 Å². The van der Waals surface area contributed by atoms with Crippen molar-refractivity contribution in [3.05, 3.63) is 37.5 Å². The SMILES string of the molecule is C=CCCCCOC(=O)C12CC(C(=O)OCCCC/C=C/CCCCOC(=O)C34CC(C(=O)OCCCCC=C)(C3)C4)(C1)C2. The second-order valence-electron chi connectivity index (χ2n) is 13.8. The fraction of sp³-hybridized carbons (Fsp3) is 0.722. The highest BCUT2D eigenvalue weighted by atomic mass is 16.5. The molecular formula is C36H52O8. The first-order valence-corrected chi connectivity index (χ1v) is 16.8. The fourth-order valence-corrected chi connectivity index (χ4v) is 7.46. The quantitative estimate of drug-likeness (QED) is 0.0492. The second kappa shape index (κ2) is 15.4. The van der Waals surface area contributed by atoms with Crippen molar-refractivity contribution in [2.75, 3.05) is 26.4 Å². The summed E-state index contributed by atoms with van der Waals surface area (Å²) in [6.07, 6.45) is 22.3. The van der Waals surface area contributed by atoms with Crippen LogP contribution in [-0.2, 0) is 38.1 Å². The summed E-state index contributed by atoms with van der Waals surface area (Å²) in [5.74, 6) is -0.613. The molecule has 244 valence electrons. The minimum atomic E-state index is -0.449. The molecule has 0 spiro atoms. The van der Waals surface area contributed by atoms with Gasteiger partial charge in [0.15, 0.2) is 0 Å². The van der Waals surface area contributed by atoms with Crippen LogP contribution in [0.5, 0.6) is 0 Å². The van der Waals surface area contributed by atoms with Crippen molar-refractivity contribution in [2.24, 2.45) is 21.7 Å². The van der Waals surface area contributed by atoms with Crippen LogP contribution < -0.4 is 0 Å². The molecule has 8 heteroatoms. The van der Waals surface area contributed by atoms with Gasteiger partial charge in [-0.2, -0.15) is 0 Å². The number of rotatable bonds is 24. The maximum absolute atomic E-state index is 12.5. The second-order valence-corrected chi connectivity index (χ2v) is 13.8. The van der Waals surface area contributed by atoms with Crippen LogP contribution in [0.25, 0.3) is 0 Å². The van der Waals surface area contributed by atoms with Crippen molar-refractivity contribution >= 4 is 23.9 Å². The molecule has 6 rings (SSSR count). The van der Waals surface area contributed by atoms with E-state index in [-0.39, 0.29) is 23.9 Å². The molecule has 6 saturated carbocycles. The van der Waals surface area contributed by atoms with Crippen molar-refractivity contribution in [1.82, 2.24) is 0 Å². The predicted octanol–water partition coefficient (Wildman–Crippen LogP) is 7.11. The molecule has 8 nitrogen and oxygen atoms in total. The third kappa shape index (κ3) is 7.66. The van der Waals surface area contributed by atoms with E-state index in [9.17, 15) is 19.2 Å². The molecule has 0 N–H and O–H groups in total. The lowest BCUT2D eigenvalue weighted by Crippen LogP contribution is -2.69. The van der Waals surface area contributed by atoms with E-state index in [4.69, 9.17) is 18.9 Å². The van der Waals surface area contributed by atoms with Crippen molar-refractivity contribution in [1.29, 1.82) is 0 Å². The van der Waals surface area contributed by atoms with Gasteiger partial charge in [0.1, 0.15) is 0 Å². The minimum absolute atomic E-state index is 0.150. The molecular weight excluding hydrogens is 560 g/mol. The summed E-state index contributed by atoms with van der Waals surface area (Å²) in [4.78, 5) is 49.7. The van der Waals surface area contributed by atoms with Crippen LogP contribution in [0.1, 0.15) is 116 Å². The Morgan fingerprint density at radius 3 is 0.932 bits per heavy atom. The normalized spacial score (nSPS) is 28.8. The van der Waals surface area contributed by atoms with Gasteiger partial charge in [0, 0.05) is 0 Å². The van der Waals surface area contributed by atoms with E-state index in [1.807, 2.05) is 12.2 Å². The summed E-state index contributed by atoms with van der Waals surface area (Å²) in [5, 5.41) is 0. The van der Waals surface area contributed by atoms with Gasteiger partial charge in [0.2, 0.25) is 0 Å². The van der Waals surface area contributed by atoms with Gasteiger partial charge in [-0.15, -0.1) is 13.2 Å². The largest absolute Gasteiger partial charge is 0.465 e.